The zero-order valence-electron chi connectivity index (χ0n) is 13.9. The van der Waals surface area contributed by atoms with Gasteiger partial charge in [0.05, 0.1) is 6.54 Å². The molecule has 0 spiro atoms. The first-order chi connectivity index (χ1) is 12.3. The Morgan fingerprint density at radius 1 is 1.08 bits per heavy atom. The van der Waals surface area contributed by atoms with Gasteiger partial charge in [0.2, 0.25) is 0 Å². The van der Waals surface area contributed by atoms with Gasteiger partial charge in [-0.15, -0.1) is 11.3 Å². The first-order valence-corrected chi connectivity index (χ1v) is 9.36. The second-order valence-electron chi connectivity index (χ2n) is 6.35. The predicted octanol–water partition coefficient (Wildman–Crippen LogP) is 3.00. The third-order valence-electron chi connectivity index (χ3n) is 4.51. The monoisotopic (exact) mass is 355 g/mol. The van der Waals surface area contributed by atoms with Crippen LogP contribution in [0.5, 0.6) is 5.75 Å². The summed E-state index contributed by atoms with van der Waals surface area (Å²) in [5.41, 5.74) is 4.06. The topological polar surface area (TPSA) is 26.6 Å². The second kappa shape index (κ2) is 7.33. The lowest BCUT2D eigenvalue weighted by Crippen LogP contribution is -3.10. The number of nitrogens with zero attached hydrogens (tertiary/aromatic N) is 1. The molecular formula is C20H20FN2OS+. The van der Waals surface area contributed by atoms with Crippen LogP contribution in [-0.2, 0) is 26.1 Å². The van der Waals surface area contributed by atoms with Crippen molar-refractivity contribution >= 4 is 11.3 Å². The smallest absolute Gasteiger partial charge is 0.140 e. The van der Waals surface area contributed by atoms with Crippen molar-refractivity contribution in [1.82, 2.24) is 4.98 Å². The molecule has 1 unspecified atom stereocenters. The molecule has 4 rings (SSSR count). The molecule has 0 fully saturated rings. The van der Waals surface area contributed by atoms with Gasteiger partial charge in [-0.2, -0.15) is 0 Å². The molecule has 0 saturated heterocycles. The van der Waals surface area contributed by atoms with Gasteiger partial charge in [0.1, 0.15) is 42.0 Å². The number of hydrogen-bond acceptors (Lipinski definition) is 3. The highest BCUT2D eigenvalue weighted by Gasteiger charge is 2.20. The van der Waals surface area contributed by atoms with Crippen LogP contribution in [-0.4, -0.2) is 11.5 Å². The molecule has 3 nitrogen and oxygen atoms in total. The highest BCUT2D eigenvalue weighted by atomic mass is 32.1. The molecule has 0 aliphatic carbocycles. The van der Waals surface area contributed by atoms with E-state index in [-0.39, 0.29) is 5.82 Å². The van der Waals surface area contributed by atoms with E-state index < -0.39 is 0 Å². The van der Waals surface area contributed by atoms with Gasteiger partial charge in [-0.3, -0.25) is 0 Å². The third kappa shape index (κ3) is 4.06. The molecular weight excluding hydrogens is 335 g/mol. The zero-order valence-corrected chi connectivity index (χ0v) is 14.7. The fourth-order valence-corrected chi connectivity index (χ4v) is 3.93. The molecule has 0 amide bonds. The number of fused-ring (bicyclic) bond motifs is 1. The number of thiazole rings is 1. The maximum atomic E-state index is 12.9. The van der Waals surface area contributed by atoms with Crippen molar-refractivity contribution in [3.05, 3.63) is 81.6 Å². The number of rotatable bonds is 5. The Bertz CT molecular complexity index is 847. The second-order valence-corrected chi connectivity index (χ2v) is 7.29. The number of quaternary nitrogens is 1. The quantitative estimate of drug-likeness (QED) is 0.762. The lowest BCUT2D eigenvalue weighted by atomic mass is 10.00. The standard InChI is InChI=1S/C20H19FN2OS/c21-17-5-7-19(8-6-17)24-13-20-22-18(14-25-20)12-23-10-9-15-3-1-2-4-16(15)11-23/h1-8,14H,9-13H2/p+1. The summed E-state index contributed by atoms with van der Waals surface area (Å²) in [5, 5.41) is 3.08. The van der Waals surface area contributed by atoms with E-state index in [1.807, 2.05) is 0 Å². The summed E-state index contributed by atoms with van der Waals surface area (Å²) in [6.07, 6.45) is 1.14. The number of aromatic nitrogens is 1. The van der Waals surface area contributed by atoms with Crippen LogP contribution < -0.4 is 9.64 Å². The summed E-state index contributed by atoms with van der Waals surface area (Å²) < 4.78 is 18.6. The Kier molecular flexibility index (Phi) is 4.76. The molecule has 1 aromatic heterocycles. The SMILES string of the molecule is Fc1ccc(OCc2nc(C[NH+]3CCc4ccccc4C3)cs2)cc1. The minimum Gasteiger partial charge on any atom is -0.486 e. The summed E-state index contributed by atoms with van der Waals surface area (Å²) in [6, 6.07) is 14.8. The molecule has 5 heteroatoms. The number of benzene rings is 2. The van der Waals surface area contributed by atoms with Crippen LogP contribution in [0.4, 0.5) is 4.39 Å². The van der Waals surface area contributed by atoms with Crippen molar-refractivity contribution in [2.24, 2.45) is 0 Å². The van der Waals surface area contributed by atoms with Gasteiger partial charge >= 0.3 is 0 Å². The average molecular weight is 355 g/mol. The molecule has 1 aliphatic rings. The molecule has 1 aliphatic heterocycles. The van der Waals surface area contributed by atoms with Gasteiger partial charge in [0.15, 0.2) is 0 Å². The molecule has 0 bridgehead atoms. The predicted molar refractivity (Wildman–Crippen MR) is 96.2 cm³/mol. The van der Waals surface area contributed by atoms with Crippen LogP contribution in [0.25, 0.3) is 0 Å². The summed E-state index contributed by atoms with van der Waals surface area (Å²) >= 11 is 1.62. The van der Waals surface area contributed by atoms with E-state index in [4.69, 9.17) is 9.72 Å². The van der Waals surface area contributed by atoms with E-state index in [1.165, 1.54) is 23.3 Å². The van der Waals surface area contributed by atoms with Crippen LogP contribution in [0.15, 0.2) is 53.9 Å². The van der Waals surface area contributed by atoms with E-state index in [0.717, 1.165) is 36.8 Å². The van der Waals surface area contributed by atoms with Gasteiger partial charge in [0.25, 0.3) is 0 Å². The first-order valence-electron chi connectivity index (χ1n) is 8.48. The summed E-state index contributed by atoms with van der Waals surface area (Å²) in [5.74, 6) is 0.409. The Balaban J connectivity index is 1.33. The Labute approximate surface area is 150 Å². The number of nitrogens with one attached hydrogen (secondary N) is 1. The number of halogens is 1. The van der Waals surface area contributed by atoms with E-state index in [1.54, 1.807) is 28.4 Å². The van der Waals surface area contributed by atoms with Crippen molar-refractivity contribution in [3.63, 3.8) is 0 Å². The summed E-state index contributed by atoms with van der Waals surface area (Å²) in [4.78, 5) is 6.24. The van der Waals surface area contributed by atoms with Crippen LogP contribution in [0.3, 0.4) is 0 Å². The molecule has 128 valence electrons. The zero-order chi connectivity index (χ0) is 17.1. The van der Waals surface area contributed by atoms with Crippen molar-refractivity contribution in [3.8, 4) is 5.75 Å². The molecule has 0 radical (unpaired) electrons. The van der Waals surface area contributed by atoms with E-state index in [2.05, 4.69) is 29.6 Å². The fourth-order valence-electron chi connectivity index (χ4n) is 3.22. The minimum absolute atomic E-state index is 0.255. The van der Waals surface area contributed by atoms with E-state index in [9.17, 15) is 4.39 Å². The Hall–Kier alpha value is -2.24. The van der Waals surface area contributed by atoms with Crippen molar-refractivity contribution < 1.29 is 14.0 Å². The molecule has 1 atom stereocenters. The molecule has 1 N–H and O–H groups in total. The highest BCUT2D eigenvalue weighted by Crippen LogP contribution is 2.16. The fraction of sp³-hybridized carbons (Fsp3) is 0.250. The highest BCUT2D eigenvalue weighted by molar-refractivity contribution is 7.09. The van der Waals surface area contributed by atoms with Gasteiger partial charge in [-0.1, -0.05) is 24.3 Å². The van der Waals surface area contributed by atoms with Crippen LogP contribution in [0, 0.1) is 5.82 Å². The summed E-state index contributed by atoms with van der Waals surface area (Å²) in [6.45, 7) is 3.58. The molecule has 25 heavy (non-hydrogen) atoms. The average Bonchev–Trinajstić information content (AvgIpc) is 3.08. The van der Waals surface area contributed by atoms with Gasteiger partial charge in [-0.25, -0.2) is 9.37 Å². The van der Waals surface area contributed by atoms with Gasteiger partial charge in [0, 0.05) is 17.4 Å². The largest absolute Gasteiger partial charge is 0.486 e. The van der Waals surface area contributed by atoms with Gasteiger partial charge in [-0.05, 0) is 29.8 Å². The maximum Gasteiger partial charge on any atom is 0.140 e. The van der Waals surface area contributed by atoms with E-state index in [0.29, 0.717) is 12.4 Å². The summed E-state index contributed by atoms with van der Waals surface area (Å²) in [7, 11) is 0. The molecule has 0 saturated carbocycles. The minimum atomic E-state index is -0.255. The van der Waals surface area contributed by atoms with Crippen molar-refractivity contribution in [1.29, 1.82) is 0 Å². The van der Waals surface area contributed by atoms with Crippen molar-refractivity contribution in [2.45, 2.75) is 26.1 Å². The lowest BCUT2D eigenvalue weighted by molar-refractivity contribution is -0.929. The molecule has 3 aromatic rings. The van der Waals surface area contributed by atoms with Crippen molar-refractivity contribution in [2.75, 3.05) is 6.54 Å². The van der Waals surface area contributed by atoms with Crippen LogP contribution in [0.2, 0.25) is 0 Å². The van der Waals surface area contributed by atoms with Gasteiger partial charge < -0.3 is 9.64 Å². The first kappa shape index (κ1) is 16.2. The number of hydrogen-bond donors (Lipinski definition) is 1. The Morgan fingerprint density at radius 2 is 1.88 bits per heavy atom. The Morgan fingerprint density at radius 3 is 2.72 bits per heavy atom. The van der Waals surface area contributed by atoms with Crippen LogP contribution in [0.1, 0.15) is 21.8 Å². The third-order valence-corrected chi connectivity index (χ3v) is 5.38. The van der Waals surface area contributed by atoms with Crippen LogP contribution >= 0.6 is 11.3 Å². The lowest BCUT2D eigenvalue weighted by Gasteiger charge is -2.25. The molecule has 2 heterocycles. The maximum absolute atomic E-state index is 12.9. The number of ether oxygens (including phenoxy) is 1. The normalized spacial score (nSPS) is 16.4. The molecule has 2 aromatic carbocycles. The van der Waals surface area contributed by atoms with E-state index >= 15 is 0 Å².